The van der Waals surface area contributed by atoms with Gasteiger partial charge in [-0.25, -0.2) is 8.78 Å². The van der Waals surface area contributed by atoms with Crippen molar-refractivity contribution in [3.8, 4) is 0 Å². The lowest BCUT2D eigenvalue weighted by atomic mass is 9.70. The molecule has 104 valence electrons. The summed E-state index contributed by atoms with van der Waals surface area (Å²) in [6.07, 6.45) is 6.09. The summed E-state index contributed by atoms with van der Waals surface area (Å²) in [5.74, 6) is 0.373. The molecule has 1 aromatic rings. The molecule has 0 radical (unpaired) electrons. The van der Waals surface area contributed by atoms with Crippen molar-refractivity contribution < 1.29 is 8.78 Å². The summed E-state index contributed by atoms with van der Waals surface area (Å²) in [7, 11) is 0. The Kier molecular flexibility index (Phi) is 3.12. The highest BCUT2D eigenvalue weighted by molar-refractivity contribution is 5.33. The molecule has 3 heteroatoms. The molecule has 2 aliphatic carbocycles. The second kappa shape index (κ2) is 4.55. The second-order valence-corrected chi connectivity index (χ2v) is 6.40. The van der Waals surface area contributed by atoms with Gasteiger partial charge in [0.15, 0.2) is 0 Å². The average molecular weight is 265 g/mol. The summed E-state index contributed by atoms with van der Waals surface area (Å²) in [4.78, 5) is 0. The van der Waals surface area contributed by atoms with Crippen molar-refractivity contribution in [2.75, 3.05) is 0 Å². The zero-order valence-electron chi connectivity index (χ0n) is 11.4. The Hall–Kier alpha value is -0.960. The van der Waals surface area contributed by atoms with Crippen molar-refractivity contribution in [2.24, 2.45) is 17.6 Å². The predicted molar refractivity (Wildman–Crippen MR) is 71.6 cm³/mol. The largest absolute Gasteiger partial charge is 0.321 e. The quantitative estimate of drug-likeness (QED) is 0.858. The first-order valence-electron chi connectivity index (χ1n) is 7.25. The Balaban J connectivity index is 1.97. The number of hydrogen-bond acceptors (Lipinski definition) is 1. The molecule has 2 saturated carbocycles. The zero-order chi connectivity index (χ0) is 13.6. The Morgan fingerprint density at radius 3 is 2.58 bits per heavy atom. The van der Waals surface area contributed by atoms with Gasteiger partial charge < -0.3 is 5.73 Å². The van der Waals surface area contributed by atoms with Gasteiger partial charge in [0, 0.05) is 11.1 Å². The lowest BCUT2D eigenvalue weighted by molar-refractivity contribution is 0.197. The van der Waals surface area contributed by atoms with Crippen molar-refractivity contribution in [1.82, 2.24) is 0 Å². The van der Waals surface area contributed by atoms with E-state index in [9.17, 15) is 8.78 Å². The van der Waals surface area contributed by atoms with Crippen LogP contribution in [0.5, 0.6) is 0 Å². The van der Waals surface area contributed by atoms with Gasteiger partial charge in [0.1, 0.15) is 11.6 Å². The number of hydrogen-bond donors (Lipinski definition) is 1. The Labute approximate surface area is 113 Å². The van der Waals surface area contributed by atoms with Crippen LogP contribution < -0.4 is 5.73 Å². The Morgan fingerprint density at radius 1 is 1.16 bits per heavy atom. The van der Waals surface area contributed by atoms with E-state index in [1.165, 1.54) is 31.4 Å². The first-order valence-corrected chi connectivity index (χ1v) is 7.25. The maximum Gasteiger partial charge on any atom is 0.134 e. The minimum atomic E-state index is -0.814. The fourth-order valence-corrected chi connectivity index (χ4v) is 3.66. The highest BCUT2D eigenvalue weighted by Gasteiger charge is 2.43. The Morgan fingerprint density at radius 2 is 1.89 bits per heavy atom. The summed E-state index contributed by atoms with van der Waals surface area (Å²) in [6.45, 7) is 1.67. The van der Waals surface area contributed by atoms with Crippen LogP contribution in [-0.4, -0.2) is 0 Å². The van der Waals surface area contributed by atoms with Crippen LogP contribution in [0.1, 0.15) is 49.7 Å². The lowest BCUT2D eigenvalue weighted by Gasteiger charge is -2.39. The van der Waals surface area contributed by atoms with E-state index < -0.39 is 17.2 Å². The molecule has 0 aromatic heterocycles. The molecule has 2 unspecified atom stereocenters. The minimum Gasteiger partial charge on any atom is -0.321 e. The molecule has 2 fully saturated rings. The number of halogens is 2. The molecule has 0 heterocycles. The van der Waals surface area contributed by atoms with Crippen molar-refractivity contribution in [1.29, 1.82) is 0 Å². The fourth-order valence-electron chi connectivity index (χ4n) is 3.66. The number of rotatable bonds is 2. The monoisotopic (exact) mass is 265 g/mol. The number of nitrogens with two attached hydrogens (primary N) is 1. The van der Waals surface area contributed by atoms with Gasteiger partial charge in [-0.3, -0.25) is 0 Å². The van der Waals surface area contributed by atoms with Gasteiger partial charge >= 0.3 is 0 Å². The second-order valence-electron chi connectivity index (χ2n) is 6.40. The molecule has 0 bridgehead atoms. The van der Waals surface area contributed by atoms with Crippen LogP contribution in [0, 0.1) is 30.4 Å². The van der Waals surface area contributed by atoms with Gasteiger partial charge in [-0.1, -0.05) is 18.9 Å². The molecule has 3 rings (SSSR count). The molecular weight excluding hydrogens is 244 g/mol. The van der Waals surface area contributed by atoms with Crippen LogP contribution in [0.3, 0.4) is 0 Å². The molecule has 2 N–H and O–H groups in total. The van der Waals surface area contributed by atoms with Gasteiger partial charge in [-0.15, -0.1) is 0 Å². The summed E-state index contributed by atoms with van der Waals surface area (Å²) < 4.78 is 28.4. The predicted octanol–water partition coefficient (Wildman–Crippen LogP) is 4.03. The van der Waals surface area contributed by atoms with Gasteiger partial charge in [-0.05, 0) is 56.1 Å². The third-order valence-electron chi connectivity index (χ3n) is 4.90. The summed E-state index contributed by atoms with van der Waals surface area (Å²) >= 11 is 0. The van der Waals surface area contributed by atoms with Gasteiger partial charge in [0.25, 0.3) is 0 Å². The SMILES string of the molecule is Cc1ccc(F)c(C2(N)CCCC(C3CC3)C2)c1F. The van der Waals surface area contributed by atoms with Crippen molar-refractivity contribution in [2.45, 2.75) is 51.0 Å². The molecular formula is C16H21F2N. The van der Waals surface area contributed by atoms with Gasteiger partial charge in [0.2, 0.25) is 0 Å². The molecule has 2 aliphatic rings. The van der Waals surface area contributed by atoms with E-state index in [2.05, 4.69) is 0 Å². The van der Waals surface area contributed by atoms with E-state index in [-0.39, 0.29) is 5.56 Å². The minimum absolute atomic E-state index is 0.123. The number of aryl methyl sites for hydroxylation is 1. The van der Waals surface area contributed by atoms with Gasteiger partial charge in [-0.2, -0.15) is 0 Å². The van der Waals surface area contributed by atoms with Crippen molar-refractivity contribution in [3.63, 3.8) is 0 Å². The third-order valence-corrected chi connectivity index (χ3v) is 4.90. The number of benzene rings is 1. The van der Waals surface area contributed by atoms with Crippen molar-refractivity contribution in [3.05, 3.63) is 34.9 Å². The molecule has 0 amide bonds. The third kappa shape index (κ3) is 2.29. The van der Waals surface area contributed by atoms with E-state index >= 15 is 0 Å². The molecule has 0 saturated heterocycles. The highest BCUT2D eigenvalue weighted by Crippen LogP contribution is 2.49. The maximum atomic E-state index is 14.3. The summed E-state index contributed by atoms with van der Waals surface area (Å²) in [5, 5.41) is 0. The molecule has 1 nitrogen and oxygen atoms in total. The fraction of sp³-hybridized carbons (Fsp3) is 0.625. The molecule has 19 heavy (non-hydrogen) atoms. The van der Waals surface area contributed by atoms with Crippen LogP contribution in [-0.2, 0) is 5.54 Å². The van der Waals surface area contributed by atoms with E-state index in [1.807, 2.05) is 0 Å². The first kappa shape index (κ1) is 13.0. The van der Waals surface area contributed by atoms with E-state index in [1.54, 1.807) is 6.92 Å². The normalized spacial score (nSPS) is 31.5. The maximum absolute atomic E-state index is 14.3. The van der Waals surface area contributed by atoms with Crippen LogP contribution in [0.4, 0.5) is 8.78 Å². The van der Waals surface area contributed by atoms with E-state index in [0.29, 0.717) is 17.9 Å². The topological polar surface area (TPSA) is 26.0 Å². The van der Waals surface area contributed by atoms with Crippen LogP contribution in [0.2, 0.25) is 0 Å². The standard InChI is InChI=1S/C16H21F2N/c1-10-4-7-13(17)14(15(10)18)16(19)8-2-3-12(9-16)11-5-6-11/h4,7,11-12H,2-3,5-6,8-9,19H2,1H3. The Bertz CT molecular complexity index is 496. The molecule has 1 aromatic carbocycles. The lowest BCUT2D eigenvalue weighted by Crippen LogP contribution is -2.43. The van der Waals surface area contributed by atoms with Gasteiger partial charge in [0.05, 0.1) is 0 Å². The van der Waals surface area contributed by atoms with Crippen molar-refractivity contribution >= 4 is 0 Å². The molecule has 0 aliphatic heterocycles. The van der Waals surface area contributed by atoms with E-state index in [4.69, 9.17) is 5.73 Å². The summed E-state index contributed by atoms with van der Waals surface area (Å²) in [6, 6.07) is 2.84. The molecule has 2 atom stereocenters. The van der Waals surface area contributed by atoms with E-state index in [0.717, 1.165) is 18.8 Å². The van der Waals surface area contributed by atoms with Crippen LogP contribution in [0.25, 0.3) is 0 Å². The highest BCUT2D eigenvalue weighted by atomic mass is 19.1. The van der Waals surface area contributed by atoms with Crippen LogP contribution >= 0.6 is 0 Å². The first-order chi connectivity index (χ1) is 9.01. The zero-order valence-corrected chi connectivity index (χ0v) is 11.4. The van der Waals surface area contributed by atoms with Crippen LogP contribution in [0.15, 0.2) is 12.1 Å². The summed E-state index contributed by atoms with van der Waals surface area (Å²) in [5.41, 5.74) is 6.22. The smallest absolute Gasteiger partial charge is 0.134 e. The molecule has 0 spiro atoms. The average Bonchev–Trinajstić information content (AvgIpc) is 3.18.